The largest absolute Gasteiger partial charge is 0.507 e. The molecule has 4 rings (SSSR count). The van der Waals surface area contributed by atoms with E-state index in [4.69, 9.17) is 27.9 Å². The number of hydrogen-bond donors (Lipinski definition) is 3. The van der Waals surface area contributed by atoms with Gasteiger partial charge in [-0.15, -0.1) is 0 Å². The van der Waals surface area contributed by atoms with Crippen LogP contribution in [0.1, 0.15) is 87.0 Å². The maximum Gasteiger partial charge on any atom is 0.308 e. The van der Waals surface area contributed by atoms with Gasteiger partial charge in [0.15, 0.2) is 0 Å². The van der Waals surface area contributed by atoms with Crippen molar-refractivity contribution in [3.05, 3.63) is 92.5 Å². The van der Waals surface area contributed by atoms with Crippen molar-refractivity contribution in [2.75, 3.05) is 11.9 Å². The molecule has 0 radical (unpaired) electrons. The number of hydrogen-bond acceptors (Lipinski definition) is 6. The average Bonchev–Trinajstić information content (AvgIpc) is 3.06. The number of aliphatic imine (C=N–C) groups is 1. The number of nitrogens with one attached hydrogen (secondary N) is 2. The maximum absolute atomic E-state index is 13.1. The second kappa shape index (κ2) is 13.0. The first-order chi connectivity index (χ1) is 20.6. The van der Waals surface area contributed by atoms with Gasteiger partial charge >= 0.3 is 5.97 Å². The first-order valence-electron chi connectivity index (χ1n) is 14.4. The fraction of sp³-hybridized carbons (Fsp3) is 0.353. The van der Waals surface area contributed by atoms with E-state index in [2.05, 4.69) is 15.6 Å². The molecule has 0 bridgehead atoms. The van der Waals surface area contributed by atoms with Gasteiger partial charge in [0.2, 0.25) is 0 Å². The fourth-order valence-corrected chi connectivity index (χ4v) is 5.24. The minimum Gasteiger partial charge on any atom is -0.507 e. The van der Waals surface area contributed by atoms with Gasteiger partial charge in [0.25, 0.3) is 18.0 Å². The van der Waals surface area contributed by atoms with Crippen LogP contribution in [0.2, 0.25) is 10.0 Å². The molecule has 0 spiro atoms. The summed E-state index contributed by atoms with van der Waals surface area (Å²) in [7, 11) is 0. The highest BCUT2D eigenvalue weighted by Crippen LogP contribution is 2.40. The van der Waals surface area contributed by atoms with Crippen LogP contribution >= 0.6 is 23.2 Å². The fourth-order valence-electron chi connectivity index (χ4n) is 4.84. The number of rotatable bonds is 7. The van der Waals surface area contributed by atoms with Gasteiger partial charge in [-0.2, -0.15) is 0 Å². The molecular weight excluding hydrogens is 601 g/mol. The van der Waals surface area contributed by atoms with E-state index in [1.165, 1.54) is 0 Å². The maximum atomic E-state index is 13.1. The Kier molecular flexibility index (Phi) is 9.76. The van der Waals surface area contributed by atoms with Crippen molar-refractivity contribution >= 4 is 52.4 Å². The molecule has 1 unspecified atom stereocenters. The van der Waals surface area contributed by atoms with Gasteiger partial charge in [0.1, 0.15) is 5.75 Å². The Morgan fingerprint density at radius 3 is 2.20 bits per heavy atom. The number of halogens is 2. The highest BCUT2D eigenvalue weighted by atomic mass is 35.5. The van der Waals surface area contributed by atoms with Crippen molar-refractivity contribution in [2.24, 2.45) is 4.99 Å². The number of anilines is 1. The molecule has 44 heavy (non-hydrogen) atoms. The van der Waals surface area contributed by atoms with Gasteiger partial charge in [-0.1, -0.05) is 82.9 Å². The molecule has 0 fully saturated rings. The topological polar surface area (TPSA) is 117 Å². The van der Waals surface area contributed by atoms with E-state index in [1.54, 1.807) is 54.6 Å². The number of phenols is 1. The van der Waals surface area contributed by atoms with Crippen molar-refractivity contribution in [1.29, 1.82) is 0 Å². The number of fused-ring (bicyclic) bond motifs is 1. The van der Waals surface area contributed by atoms with E-state index < -0.39 is 18.1 Å². The lowest BCUT2D eigenvalue weighted by Crippen LogP contribution is -2.31. The first kappa shape index (κ1) is 33.0. The quantitative estimate of drug-likeness (QED) is 0.188. The lowest BCUT2D eigenvalue weighted by Gasteiger charge is -2.28. The molecule has 2 amide bonds. The number of nitrogens with zero attached hydrogens (tertiary/aromatic N) is 1. The number of benzene rings is 3. The second-order valence-electron chi connectivity index (χ2n) is 12.8. The summed E-state index contributed by atoms with van der Waals surface area (Å²) in [6.45, 7) is 12.1. The monoisotopic (exact) mass is 637 g/mol. The molecule has 232 valence electrons. The Bertz CT molecular complexity index is 1600. The van der Waals surface area contributed by atoms with E-state index in [1.807, 2.05) is 41.5 Å². The highest BCUT2D eigenvalue weighted by Gasteiger charge is 2.30. The Morgan fingerprint density at radius 1 is 0.955 bits per heavy atom. The summed E-state index contributed by atoms with van der Waals surface area (Å²) in [5, 5.41) is 17.4. The predicted octanol–water partition coefficient (Wildman–Crippen LogP) is 7.16. The van der Waals surface area contributed by atoms with Crippen LogP contribution in [-0.2, 0) is 25.2 Å². The summed E-state index contributed by atoms with van der Waals surface area (Å²) in [4.78, 5) is 43.4. The van der Waals surface area contributed by atoms with Crippen molar-refractivity contribution in [1.82, 2.24) is 5.32 Å². The zero-order valence-electron chi connectivity index (χ0n) is 25.7. The zero-order chi connectivity index (χ0) is 32.4. The lowest BCUT2D eigenvalue weighted by molar-refractivity contribution is -0.153. The second-order valence-corrected chi connectivity index (χ2v) is 13.6. The van der Waals surface area contributed by atoms with Gasteiger partial charge in [-0.05, 0) is 53.6 Å². The van der Waals surface area contributed by atoms with Gasteiger partial charge in [0, 0.05) is 50.8 Å². The number of amides is 2. The number of carbonyl (C=O) groups excluding carboxylic acids is 3. The Balaban J connectivity index is 1.45. The van der Waals surface area contributed by atoms with E-state index in [0.717, 1.165) is 0 Å². The smallest absolute Gasteiger partial charge is 0.308 e. The normalized spacial score (nSPS) is 15.0. The number of ether oxygens (including phenoxy) is 1. The van der Waals surface area contributed by atoms with Gasteiger partial charge in [-0.25, -0.2) is 4.99 Å². The Labute approximate surface area is 267 Å². The van der Waals surface area contributed by atoms with Crippen LogP contribution in [0, 0.1) is 0 Å². The SMILES string of the molecule is CC(C)(C)c1cc(C(=O)NCCCC(=O)OC2N=C(c3ccccc3Cl)c3cc(Cl)ccc3NC2=O)cc(C(C)(C)C)c1O. The standard InChI is InChI=1S/C34H37Cl2N3O5/c1-33(2,3)23-16-19(17-24(29(23)41)34(4,5)6)30(42)37-15-9-12-27(40)44-32-31(43)38-26-14-13-20(35)18-22(26)28(39-32)21-10-7-8-11-25(21)36/h7-8,10-11,13-14,16-18,32,41H,9,12,15H2,1-6H3,(H,37,42)(H,38,43). The molecule has 1 atom stereocenters. The third-order valence-electron chi connectivity index (χ3n) is 7.17. The molecule has 1 aliphatic heterocycles. The van der Waals surface area contributed by atoms with Gasteiger partial charge in [0.05, 0.1) is 11.4 Å². The summed E-state index contributed by atoms with van der Waals surface area (Å²) in [6.07, 6.45) is -1.25. The number of carbonyl (C=O) groups is 3. The summed E-state index contributed by atoms with van der Waals surface area (Å²) < 4.78 is 5.49. The Hall–Kier alpha value is -3.88. The van der Waals surface area contributed by atoms with Crippen molar-refractivity contribution in [3.8, 4) is 5.75 Å². The molecule has 0 saturated heterocycles. The third kappa shape index (κ3) is 7.60. The summed E-state index contributed by atoms with van der Waals surface area (Å²) in [6, 6.07) is 15.4. The van der Waals surface area contributed by atoms with E-state index >= 15 is 0 Å². The van der Waals surface area contributed by atoms with Crippen molar-refractivity contribution < 1.29 is 24.2 Å². The molecule has 1 aliphatic rings. The van der Waals surface area contributed by atoms with Gasteiger partial charge in [-0.3, -0.25) is 14.4 Å². The van der Waals surface area contributed by atoms with Crippen LogP contribution in [0.5, 0.6) is 5.75 Å². The molecule has 10 heteroatoms. The molecular formula is C34H37Cl2N3O5. The predicted molar refractivity (Wildman–Crippen MR) is 174 cm³/mol. The van der Waals surface area contributed by atoms with E-state index in [0.29, 0.717) is 49.3 Å². The molecule has 0 aliphatic carbocycles. The van der Waals surface area contributed by atoms with Crippen LogP contribution in [0.15, 0.2) is 59.6 Å². The van der Waals surface area contributed by atoms with Crippen molar-refractivity contribution in [2.45, 2.75) is 71.4 Å². The van der Waals surface area contributed by atoms with Crippen LogP contribution in [0.25, 0.3) is 0 Å². The van der Waals surface area contributed by atoms with Crippen LogP contribution in [-0.4, -0.2) is 41.4 Å². The van der Waals surface area contributed by atoms with Crippen LogP contribution in [0.3, 0.4) is 0 Å². The van der Waals surface area contributed by atoms with Crippen LogP contribution in [0.4, 0.5) is 5.69 Å². The molecule has 3 aromatic carbocycles. The van der Waals surface area contributed by atoms with E-state index in [-0.39, 0.29) is 41.9 Å². The molecule has 3 aromatic rings. The highest BCUT2D eigenvalue weighted by molar-refractivity contribution is 6.37. The zero-order valence-corrected chi connectivity index (χ0v) is 27.2. The van der Waals surface area contributed by atoms with Crippen molar-refractivity contribution in [3.63, 3.8) is 0 Å². The van der Waals surface area contributed by atoms with Crippen LogP contribution < -0.4 is 10.6 Å². The van der Waals surface area contributed by atoms with E-state index in [9.17, 15) is 19.5 Å². The number of benzodiazepines with no additional fused rings is 1. The van der Waals surface area contributed by atoms with Gasteiger partial charge < -0.3 is 20.5 Å². The molecule has 0 aromatic heterocycles. The minimum absolute atomic E-state index is 0.0597. The summed E-state index contributed by atoms with van der Waals surface area (Å²) in [5.74, 6) is -1.39. The lowest BCUT2D eigenvalue weighted by atomic mass is 9.78. The minimum atomic E-state index is -1.46. The number of phenolic OH excluding ortho intramolecular Hbond substituents is 1. The average molecular weight is 639 g/mol. The number of esters is 1. The Morgan fingerprint density at radius 2 is 1.59 bits per heavy atom. The number of aromatic hydroxyl groups is 1. The molecule has 3 N–H and O–H groups in total. The first-order valence-corrected chi connectivity index (χ1v) is 15.1. The summed E-state index contributed by atoms with van der Waals surface area (Å²) >= 11 is 12.7. The molecule has 1 heterocycles. The molecule has 0 saturated carbocycles. The molecule has 8 nitrogen and oxygen atoms in total. The third-order valence-corrected chi connectivity index (χ3v) is 7.73. The summed E-state index contributed by atoms with van der Waals surface area (Å²) in [5.41, 5.74) is 2.94.